The second-order valence-corrected chi connectivity index (χ2v) is 8.74. The Labute approximate surface area is 210 Å². The average Bonchev–Trinajstić information content (AvgIpc) is 3.41. The zero-order chi connectivity index (χ0) is 26.4. The van der Waals surface area contributed by atoms with Gasteiger partial charge in [-0.15, -0.1) is 11.3 Å². The predicted molar refractivity (Wildman–Crippen MR) is 131 cm³/mol. The molecule has 2 amide bonds. The van der Waals surface area contributed by atoms with Gasteiger partial charge in [0.15, 0.2) is 6.61 Å². The molecule has 0 aliphatic rings. The molecule has 3 aromatic rings. The van der Waals surface area contributed by atoms with Crippen LogP contribution in [0.5, 0.6) is 0 Å². The molecule has 11 nitrogen and oxygen atoms in total. The lowest BCUT2D eigenvalue weighted by atomic mass is 10.0. The number of anilines is 1. The van der Waals surface area contributed by atoms with Gasteiger partial charge in [0.05, 0.1) is 19.8 Å². The van der Waals surface area contributed by atoms with Crippen LogP contribution in [0.4, 0.5) is 5.00 Å². The van der Waals surface area contributed by atoms with Crippen LogP contribution in [-0.4, -0.2) is 61.6 Å². The van der Waals surface area contributed by atoms with Crippen molar-refractivity contribution in [2.75, 3.05) is 26.1 Å². The van der Waals surface area contributed by atoms with Crippen molar-refractivity contribution >= 4 is 57.0 Å². The number of ether oxygens (including phenoxy) is 3. The molecule has 0 aliphatic carbocycles. The van der Waals surface area contributed by atoms with Crippen LogP contribution in [0.25, 0.3) is 10.9 Å². The third-order valence-electron chi connectivity index (χ3n) is 5.27. The van der Waals surface area contributed by atoms with Crippen molar-refractivity contribution in [1.29, 1.82) is 0 Å². The van der Waals surface area contributed by atoms with E-state index in [2.05, 4.69) is 15.6 Å². The summed E-state index contributed by atoms with van der Waals surface area (Å²) >= 11 is 0.835. The first-order chi connectivity index (χ1) is 17.2. The largest absolute Gasteiger partial charge is 0.465 e. The Hall–Kier alpha value is -4.19. The first kappa shape index (κ1) is 26.4. The Bertz CT molecular complexity index is 1330. The molecule has 0 radical (unpaired) electrons. The Balaban J connectivity index is 1.71. The minimum Gasteiger partial charge on any atom is -0.465 e. The number of esters is 3. The highest BCUT2D eigenvalue weighted by molar-refractivity contribution is 7.18. The van der Waals surface area contributed by atoms with E-state index in [1.807, 2.05) is 24.3 Å². The number of benzene rings is 1. The number of carbonyl (C=O) groups is 5. The molecule has 0 saturated heterocycles. The summed E-state index contributed by atoms with van der Waals surface area (Å²) < 4.78 is 14.6. The summed E-state index contributed by atoms with van der Waals surface area (Å²) in [6.07, 6.45) is 1.88. The molecule has 0 saturated carbocycles. The summed E-state index contributed by atoms with van der Waals surface area (Å²) in [4.78, 5) is 64.4. The van der Waals surface area contributed by atoms with Crippen molar-refractivity contribution in [3.8, 4) is 0 Å². The maximum Gasteiger partial charge on any atom is 0.348 e. The second kappa shape index (κ2) is 11.5. The maximum absolute atomic E-state index is 12.7. The van der Waals surface area contributed by atoms with Gasteiger partial charge in [0.1, 0.15) is 15.9 Å². The number of nitrogens with one attached hydrogen (secondary N) is 3. The monoisotopic (exact) mass is 515 g/mol. The lowest BCUT2D eigenvalue weighted by molar-refractivity contribution is -0.150. The van der Waals surface area contributed by atoms with Crippen molar-refractivity contribution in [2.45, 2.75) is 26.3 Å². The van der Waals surface area contributed by atoms with E-state index >= 15 is 0 Å². The summed E-state index contributed by atoms with van der Waals surface area (Å²) in [6, 6.07) is 6.46. The number of aromatic nitrogens is 1. The van der Waals surface area contributed by atoms with Crippen LogP contribution in [0.15, 0.2) is 30.5 Å². The minimum absolute atomic E-state index is 0.00182. The van der Waals surface area contributed by atoms with Crippen LogP contribution in [-0.2, 0) is 35.0 Å². The van der Waals surface area contributed by atoms with Crippen LogP contribution in [0, 0.1) is 6.92 Å². The number of thiophene rings is 1. The molecule has 3 rings (SSSR count). The van der Waals surface area contributed by atoms with Gasteiger partial charge >= 0.3 is 17.9 Å². The van der Waals surface area contributed by atoms with Crippen LogP contribution in [0.2, 0.25) is 0 Å². The number of hydrogen-bond acceptors (Lipinski definition) is 9. The first-order valence-corrected chi connectivity index (χ1v) is 11.6. The average molecular weight is 516 g/mol. The second-order valence-electron chi connectivity index (χ2n) is 7.72. The molecule has 3 N–H and O–H groups in total. The summed E-state index contributed by atoms with van der Waals surface area (Å²) in [7, 11) is 2.36. The number of rotatable bonds is 9. The van der Waals surface area contributed by atoms with E-state index in [9.17, 15) is 24.0 Å². The van der Waals surface area contributed by atoms with Gasteiger partial charge in [-0.2, -0.15) is 0 Å². The molecule has 0 fully saturated rings. The van der Waals surface area contributed by atoms with Crippen molar-refractivity contribution < 1.29 is 38.2 Å². The summed E-state index contributed by atoms with van der Waals surface area (Å²) in [5.41, 5.74) is 1.95. The minimum atomic E-state index is -1.03. The van der Waals surface area contributed by atoms with Gasteiger partial charge in [-0.1, -0.05) is 18.2 Å². The molecule has 1 atom stereocenters. The smallest absolute Gasteiger partial charge is 0.348 e. The number of hydrogen-bond donors (Lipinski definition) is 3. The SMILES string of the molecule is COC(=O)c1sc(NC(=O)COC(=O)[C@H](Cc2c[nH]c3ccccc23)NC(C)=O)c(C(=O)OC)c1C. The van der Waals surface area contributed by atoms with E-state index in [-0.39, 0.29) is 27.4 Å². The molecule has 12 heteroatoms. The normalized spacial score (nSPS) is 11.4. The highest BCUT2D eigenvalue weighted by atomic mass is 32.1. The fourth-order valence-corrected chi connectivity index (χ4v) is 4.73. The van der Waals surface area contributed by atoms with E-state index in [0.717, 1.165) is 27.8 Å². The van der Waals surface area contributed by atoms with Gasteiger partial charge in [0.25, 0.3) is 5.91 Å². The fourth-order valence-electron chi connectivity index (χ4n) is 3.60. The van der Waals surface area contributed by atoms with Gasteiger partial charge < -0.3 is 29.8 Å². The molecule has 2 heterocycles. The van der Waals surface area contributed by atoms with Gasteiger partial charge in [0.2, 0.25) is 5.91 Å². The van der Waals surface area contributed by atoms with Gasteiger partial charge in [-0.05, 0) is 24.1 Å². The highest BCUT2D eigenvalue weighted by Gasteiger charge is 2.28. The van der Waals surface area contributed by atoms with Crippen molar-refractivity contribution in [3.63, 3.8) is 0 Å². The molecule has 190 valence electrons. The number of methoxy groups -OCH3 is 2. The molecule has 36 heavy (non-hydrogen) atoms. The Morgan fingerprint density at radius 2 is 1.75 bits per heavy atom. The third kappa shape index (κ3) is 5.89. The lowest BCUT2D eigenvalue weighted by Gasteiger charge is -2.16. The Morgan fingerprint density at radius 1 is 1.06 bits per heavy atom. The molecular weight excluding hydrogens is 490 g/mol. The first-order valence-electron chi connectivity index (χ1n) is 10.7. The van der Waals surface area contributed by atoms with E-state index in [4.69, 9.17) is 14.2 Å². The summed E-state index contributed by atoms with van der Waals surface area (Å²) in [6.45, 7) is 2.11. The van der Waals surface area contributed by atoms with Crippen LogP contribution in [0.3, 0.4) is 0 Å². The number of fused-ring (bicyclic) bond motifs is 1. The highest BCUT2D eigenvalue weighted by Crippen LogP contribution is 2.34. The zero-order valence-corrected chi connectivity index (χ0v) is 20.9. The quantitative estimate of drug-likeness (QED) is 0.290. The molecule has 2 aromatic heterocycles. The molecule has 0 bridgehead atoms. The van der Waals surface area contributed by atoms with Gasteiger partial charge in [-0.3, -0.25) is 9.59 Å². The molecule has 0 aliphatic heterocycles. The standard InChI is InChI=1S/C24H25N3O8S/c1-12-19(23(31)33-3)21(36-20(12)24(32)34-4)27-18(29)11-35-22(30)17(26-13(2)28)9-14-10-25-16-8-6-5-7-15(14)16/h5-8,10,17,25H,9,11H2,1-4H3,(H,26,28)(H,27,29)/t17-/m0/s1. The van der Waals surface area contributed by atoms with Gasteiger partial charge in [-0.25, -0.2) is 14.4 Å². The van der Waals surface area contributed by atoms with E-state index in [1.165, 1.54) is 28.1 Å². The number of carbonyl (C=O) groups excluding carboxylic acids is 5. The molecule has 0 unspecified atom stereocenters. The van der Waals surface area contributed by atoms with Crippen LogP contribution < -0.4 is 10.6 Å². The fraction of sp³-hybridized carbons (Fsp3) is 0.292. The number of aromatic amines is 1. The zero-order valence-electron chi connectivity index (χ0n) is 20.1. The van der Waals surface area contributed by atoms with E-state index < -0.39 is 42.4 Å². The summed E-state index contributed by atoms with van der Waals surface area (Å²) in [5.74, 6) is -3.43. The molecule has 0 spiro atoms. The van der Waals surface area contributed by atoms with E-state index in [0.29, 0.717) is 0 Å². The maximum atomic E-state index is 12.7. The topological polar surface area (TPSA) is 153 Å². The molecule has 1 aromatic carbocycles. The number of para-hydroxylation sites is 1. The lowest BCUT2D eigenvalue weighted by Crippen LogP contribution is -2.43. The molecular formula is C24H25N3O8S. The van der Waals surface area contributed by atoms with Crippen LogP contribution >= 0.6 is 11.3 Å². The Morgan fingerprint density at radius 3 is 2.42 bits per heavy atom. The van der Waals surface area contributed by atoms with Crippen LogP contribution in [0.1, 0.15) is 38.1 Å². The third-order valence-corrected chi connectivity index (χ3v) is 6.45. The number of H-pyrrole nitrogens is 1. The summed E-state index contributed by atoms with van der Waals surface area (Å²) in [5, 5.41) is 5.97. The van der Waals surface area contributed by atoms with Crippen molar-refractivity contribution in [1.82, 2.24) is 10.3 Å². The van der Waals surface area contributed by atoms with Crippen molar-refractivity contribution in [3.05, 3.63) is 52.0 Å². The Kier molecular flexibility index (Phi) is 8.43. The predicted octanol–water partition coefficient (Wildman–Crippen LogP) is 2.34. The van der Waals surface area contributed by atoms with E-state index in [1.54, 1.807) is 6.20 Å². The van der Waals surface area contributed by atoms with Gasteiger partial charge in [0, 0.05) is 30.4 Å². The number of amides is 2. The van der Waals surface area contributed by atoms with Crippen molar-refractivity contribution in [2.24, 2.45) is 0 Å².